The molecule has 0 spiro atoms. The Bertz CT molecular complexity index is 3130. The van der Waals surface area contributed by atoms with Crippen LogP contribution in [0.25, 0.3) is 0 Å². The average molecular weight is 1070 g/mol. The number of ether oxygens (including phenoxy) is 11. The van der Waals surface area contributed by atoms with Crippen molar-refractivity contribution in [1.29, 1.82) is 0 Å². The van der Waals surface area contributed by atoms with Crippen molar-refractivity contribution in [3.63, 3.8) is 0 Å². The smallest absolute Gasteiger partial charge is 0.338 e. The van der Waals surface area contributed by atoms with Gasteiger partial charge in [-0.3, -0.25) is 0 Å². The summed E-state index contributed by atoms with van der Waals surface area (Å²) in [6, 6.07) is 53.4. The summed E-state index contributed by atoms with van der Waals surface area (Å²) >= 11 is 0. The zero-order valence-electron chi connectivity index (χ0n) is 42.2. The summed E-state index contributed by atoms with van der Waals surface area (Å²) in [7, 11) is 1.48. The van der Waals surface area contributed by atoms with E-state index in [-0.39, 0.29) is 39.1 Å². The fraction of sp³-hybridized carbons (Fsp3) is 0.213. The van der Waals surface area contributed by atoms with Crippen LogP contribution < -0.4 is 9.47 Å². The van der Waals surface area contributed by atoms with Gasteiger partial charge in [0.25, 0.3) is 0 Å². The van der Waals surface area contributed by atoms with Crippen LogP contribution in [0.5, 0.6) is 11.5 Å². The summed E-state index contributed by atoms with van der Waals surface area (Å²) in [5.74, 6) is -4.85. The Hall–Kier alpha value is -9.20. The van der Waals surface area contributed by atoms with Gasteiger partial charge in [0.1, 0.15) is 49.1 Å². The van der Waals surface area contributed by atoms with Crippen molar-refractivity contribution >= 4 is 35.8 Å². The summed E-state index contributed by atoms with van der Waals surface area (Å²) in [6.07, 6.45) is -18.0. The van der Waals surface area contributed by atoms with Gasteiger partial charge in [-0.15, -0.1) is 0 Å². The van der Waals surface area contributed by atoms with Crippen LogP contribution in [0.3, 0.4) is 0 Å². The van der Waals surface area contributed by atoms with E-state index in [1.165, 1.54) is 79.9 Å². The molecule has 18 heteroatoms. The first-order chi connectivity index (χ1) is 38.5. The lowest BCUT2D eigenvalue weighted by molar-refractivity contribution is -0.349. The zero-order valence-corrected chi connectivity index (χ0v) is 42.2. The van der Waals surface area contributed by atoms with Crippen molar-refractivity contribution in [3.8, 4) is 11.5 Å². The van der Waals surface area contributed by atoms with E-state index in [0.717, 1.165) is 0 Å². The molecule has 18 nitrogen and oxygen atoms in total. The largest absolute Gasteiger partial charge is 0.497 e. The third-order valence-corrected chi connectivity index (χ3v) is 12.6. The SMILES string of the molecule is COc1ccc(O[C@@H]2O[C@H](COC(=O)c3ccccc3)[C@@H](O[C@@H]3O[C@H](COC(=O)c4ccccc4)[C@H](O)[C@H](OC(=O)c4ccccc4)[C@H]3OC(=O)c3ccccc3)[C@H](OC(=O)c3ccccc3)[C@H]2OC(=O)c2ccccc2)cc1. The lowest BCUT2D eigenvalue weighted by Crippen LogP contribution is -2.67. The standard InChI is InChI=1S/C61H52O18/c1-69-44-32-34-45(35-33-44)72-60-53(78-59(68)43-30-18-7-19-31-43)51(76-57(66)41-26-14-5-15-27-41)49(47(74-60)37-71-55(64)39-22-10-3-11-23-39)79-61-52(77-58(67)42-28-16-6-17-29-42)50(75-56(65)40-24-12-4-13-25-40)48(62)46(73-61)36-70-54(63)38-20-8-2-9-21-38/h2-35,46-53,60-62H,36-37H2,1H3/t46-,47-,48+,49-,50+,51+,52-,53-,60-,61+/m1/s1. The number of carbonyl (C=O) groups is 6. The molecular formula is C61H52O18. The van der Waals surface area contributed by atoms with Gasteiger partial charge in [0.15, 0.2) is 24.6 Å². The molecule has 9 rings (SSSR count). The molecule has 2 heterocycles. The van der Waals surface area contributed by atoms with E-state index in [9.17, 15) is 33.9 Å². The van der Waals surface area contributed by atoms with E-state index >= 15 is 0 Å². The first-order valence-corrected chi connectivity index (χ1v) is 25.0. The maximum Gasteiger partial charge on any atom is 0.338 e. The zero-order chi connectivity index (χ0) is 55.1. The molecule has 2 aliphatic heterocycles. The van der Waals surface area contributed by atoms with E-state index in [0.29, 0.717) is 5.75 Å². The molecule has 0 aliphatic carbocycles. The molecule has 2 aliphatic rings. The number of methoxy groups -OCH3 is 1. The summed E-state index contributed by atoms with van der Waals surface area (Å²) < 4.78 is 68.3. The minimum atomic E-state index is -2.01. The Morgan fingerprint density at radius 2 is 0.684 bits per heavy atom. The number of aliphatic hydroxyl groups is 1. The first kappa shape index (κ1) is 54.6. The van der Waals surface area contributed by atoms with Crippen LogP contribution >= 0.6 is 0 Å². The topological polar surface area (TPSA) is 224 Å². The van der Waals surface area contributed by atoms with Crippen LogP contribution in [0.4, 0.5) is 0 Å². The van der Waals surface area contributed by atoms with Crippen LogP contribution in [0.2, 0.25) is 0 Å². The van der Waals surface area contributed by atoms with E-state index < -0.39 is 110 Å². The van der Waals surface area contributed by atoms with Crippen molar-refractivity contribution < 1.29 is 86.0 Å². The van der Waals surface area contributed by atoms with Crippen molar-refractivity contribution in [2.75, 3.05) is 20.3 Å². The molecule has 79 heavy (non-hydrogen) atoms. The van der Waals surface area contributed by atoms with Gasteiger partial charge in [-0.1, -0.05) is 109 Å². The molecular weight excluding hydrogens is 1020 g/mol. The van der Waals surface area contributed by atoms with Crippen LogP contribution in [0.15, 0.2) is 206 Å². The molecule has 2 saturated heterocycles. The van der Waals surface area contributed by atoms with Crippen LogP contribution in [0, 0.1) is 0 Å². The molecule has 0 radical (unpaired) electrons. The van der Waals surface area contributed by atoms with Gasteiger partial charge in [-0.05, 0) is 97.1 Å². The highest BCUT2D eigenvalue weighted by Gasteiger charge is 2.58. The molecule has 0 saturated carbocycles. The van der Waals surface area contributed by atoms with E-state index in [1.807, 2.05) is 0 Å². The summed E-state index contributed by atoms with van der Waals surface area (Å²) in [5, 5.41) is 12.3. The Morgan fingerprint density at radius 3 is 1.08 bits per heavy atom. The second kappa shape index (κ2) is 26.2. The van der Waals surface area contributed by atoms with Crippen molar-refractivity contribution in [3.05, 3.63) is 240 Å². The van der Waals surface area contributed by atoms with Gasteiger partial charge in [0.2, 0.25) is 12.4 Å². The van der Waals surface area contributed by atoms with Gasteiger partial charge < -0.3 is 57.2 Å². The molecule has 0 amide bonds. The number of hydrogen-bond donors (Lipinski definition) is 1. The summed E-state index contributed by atoms with van der Waals surface area (Å²) in [5.41, 5.74) is 0.482. The number of esters is 6. The lowest BCUT2D eigenvalue weighted by Gasteiger charge is -2.48. The number of benzene rings is 7. The average Bonchev–Trinajstić information content (AvgIpc) is 3.63. The number of carbonyl (C=O) groups excluding carboxylic acids is 6. The molecule has 1 N–H and O–H groups in total. The molecule has 10 atom stereocenters. The normalized spacial score (nSPS) is 22.4. The minimum absolute atomic E-state index is 0.0237. The second-order valence-electron chi connectivity index (χ2n) is 17.8. The lowest BCUT2D eigenvalue weighted by atomic mass is 9.95. The number of aliphatic hydroxyl groups excluding tert-OH is 1. The van der Waals surface area contributed by atoms with Crippen LogP contribution in [0.1, 0.15) is 62.1 Å². The Morgan fingerprint density at radius 1 is 0.367 bits per heavy atom. The molecule has 2 fully saturated rings. The highest BCUT2D eigenvalue weighted by atomic mass is 16.8. The Kier molecular flexibility index (Phi) is 18.1. The van der Waals surface area contributed by atoms with Crippen molar-refractivity contribution in [2.24, 2.45) is 0 Å². The Balaban J connectivity index is 1.18. The second-order valence-corrected chi connectivity index (χ2v) is 17.8. The van der Waals surface area contributed by atoms with Crippen molar-refractivity contribution in [2.45, 2.75) is 61.4 Å². The third-order valence-electron chi connectivity index (χ3n) is 12.6. The fourth-order valence-electron chi connectivity index (χ4n) is 8.57. The quantitative estimate of drug-likeness (QED) is 0.0600. The van der Waals surface area contributed by atoms with Crippen molar-refractivity contribution in [1.82, 2.24) is 0 Å². The molecule has 0 bridgehead atoms. The third kappa shape index (κ3) is 13.9. The number of hydrogen-bond acceptors (Lipinski definition) is 18. The predicted molar refractivity (Wildman–Crippen MR) is 278 cm³/mol. The predicted octanol–water partition coefficient (Wildman–Crippen LogP) is 7.89. The van der Waals surface area contributed by atoms with E-state index in [4.69, 9.17) is 52.1 Å². The van der Waals surface area contributed by atoms with Crippen LogP contribution in [-0.2, 0) is 42.6 Å². The van der Waals surface area contributed by atoms with Gasteiger partial charge >= 0.3 is 35.8 Å². The van der Waals surface area contributed by atoms with Crippen LogP contribution in [-0.4, -0.2) is 123 Å². The monoisotopic (exact) mass is 1070 g/mol. The highest BCUT2D eigenvalue weighted by molar-refractivity contribution is 5.92. The summed E-state index contributed by atoms with van der Waals surface area (Å²) in [6.45, 7) is -1.39. The molecule has 7 aromatic carbocycles. The van der Waals surface area contributed by atoms with E-state index in [1.54, 1.807) is 133 Å². The fourth-order valence-corrected chi connectivity index (χ4v) is 8.57. The van der Waals surface area contributed by atoms with Gasteiger partial charge in [0, 0.05) is 0 Å². The molecule has 7 aromatic rings. The maximum atomic E-state index is 14.5. The minimum Gasteiger partial charge on any atom is -0.497 e. The number of rotatable bonds is 19. The molecule has 0 aromatic heterocycles. The van der Waals surface area contributed by atoms with Gasteiger partial charge in [-0.25, -0.2) is 28.8 Å². The van der Waals surface area contributed by atoms with Gasteiger partial charge in [0.05, 0.1) is 40.5 Å². The van der Waals surface area contributed by atoms with E-state index in [2.05, 4.69) is 0 Å². The highest BCUT2D eigenvalue weighted by Crippen LogP contribution is 2.37. The molecule has 404 valence electrons. The summed E-state index contributed by atoms with van der Waals surface area (Å²) in [4.78, 5) is 84.5. The maximum absolute atomic E-state index is 14.5. The van der Waals surface area contributed by atoms with Gasteiger partial charge in [-0.2, -0.15) is 0 Å². The Labute approximate surface area is 453 Å². The first-order valence-electron chi connectivity index (χ1n) is 25.0. The molecule has 0 unspecified atom stereocenters.